The molecule has 3 heteroatoms. The smallest absolute Gasteiger partial charge is 0.317 e. The minimum absolute atomic E-state index is 0.00150. The maximum Gasteiger partial charge on any atom is 0.317 e. The Morgan fingerprint density at radius 1 is 1.10 bits per heavy atom. The van der Waals surface area contributed by atoms with Crippen molar-refractivity contribution in [3.05, 3.63) is 30.3 Å². The summed E-state index contributed by atoms with van der Waals surface area (Å²) < 4.78 is 5.89. The van der Waals surface area contributed by atoms with Gasteiger partial charge in [-0.05, 0) is 62.5 Å². The van der Waals surface area contributed by atoms with Gasteiger partial charge in [-0.2, -0.15) is 0 Å². The maximum absolute atomic E-state index is 12.8. The van der Waals surface area contributed by atoms with E-state index in [4.69, 9.17) is 4.74 Å². The zero-order valence-electron chi connectivity index (χ0n) is 11.5. The number of hydrogen-bond acceptors (Lipinski definition) is 2. The summed E-state index contributed by atoms with van der Waals surface area (Å²) in [5.41, 5.74) is -0.233. The van der Waals surface area contributed by atoms with E-state index in [1.165, 1.54) is 19.3 Å². The molecule has 4 saturated carbocycles. The van der Waals surface area contributed by atoms with Crippen molar-refractivity contribution < 1.29 is 9.53 Å². The summed E-state index contributed by atoms with van der Waals surface area (Å²) in [5.74, 6) is 2.09. The van der Waals surface area contributed by atoms with Crippen molar-refractivity contribution in [1.82, 2.24) is 0 Å². The SMILES string of the molecule is O=C(Oc1ccccc1)C12C[C@H]3C[C@@H](CC(Br)(C3)C1)C2. The molecule has 4 aliphatic rings. The summed E-state index contributed by atoms with van der Waals surface area (Å²) >= 11 is 3.94. The Kier molecular flexibility index (Phi) is 2.79. The summed E-state index contributed by atoms with van der Waals surface area (Å²) in [6.07, 6.45) is 6.81. The number of halogens is 1. The molecule has 1 aromatic carbocycles. The van der Waals surface area contributed by atoms with E-state index < -0.39 is 0 Å². The van der Waals surface area contributed by atoms with Gasteiger partial charge in [-0.1, -0.05) is 34.1 Å². The van der Waals surface area contributed by atoms with E-state index >= 15 is 0 Å². The van der Waals surface area contributed by atoms with Gasteiger partial charge in [-0.3, -0.25) is 4.79 Å². The average Bonchev–Trinajstić information content (AvgIpc) is 2.37. The Bertz CT molecular complexity index is 525. The van der Waals surface area contributed by atoms with Crippen LogP contribution in [0.2, 0.25) is 0 Å². The second-order valence-corrected chi connectivity index (χ2v) is 8.78. The van der Waals surface area contributed by atoms with Crippen LogP contribution in [0.5, 0.6) is 5.75 Å². The van der Waals surface area contributed by atoms with E-state index in [-0.39, 0.29) is 15.7 Å². The van der Waals surface area contributed by atoms with Crippen LogP contribution in [0.15, 0.2) is 30.3 Å². The molecular formula is C17H19BrO2. The second kappa shape index (κ2) is 4.33. The molecule has 4 aliphatic carbocycles. The molecule has 0 spiro atoms. The number of carbonyl (C=O) groups is 1. The highest BCUT2D eigenvalue weighted by molar-refractivity contribution is 9.10. The van der Waals surface area contributed by atoms with Crippen molar-refractivity contribution in [2.24, 2.45) is 17.3 Å². The normalized spacial score (nSPS) is 41.6. The largest absolute Gasteiger partial charge is 0.426 e. The first kappa shape index (κ1) is 12.9. The van der Waals surface area contributed by atoms with Crippen molar-refractivity contribution in [3.8, 4) is 5.75 Å². The number of carbonyl (C=O) groups excluding carboxylic acids is 1. The van der Waals surface area contributed by atoms with Crippen LogP contribution in [-0.4, -0.2) is 10.3 Å². The van der Waals surface area contributed by atoms with Crippen LogP contribution in [0.3, 0.4) is 0 Å². The molecule has 4 bridgehead atoms. The molecule has 106 valence electrons. The molecule has 2 atom stereocenters. The zero-order valence-corrected chi connectivity index (χ0v) is 13.1. The fourth-order valence-corrected chi connectivity index (χ4v) is 6.55. The molecule has 0 amide bonds. The third-order valence-electron chi connectivity index (χ3n) is 5.38. The van der Waals surface area contributed by atoms with Crippen molar-refractivity contribution in [1.29, 1.82) is 0 Å². The number of alkyl halides is 1. The van der Waals surface area contributed by atoms with Crippen LogP contribution in [0.25, 0.3) is 0 Å². The quantitative estimate of drug-likeness (QED) is 0.457. The van der Waals surface area contributed by atoms with Crippen molar-refractivity contribution in [3.63, 3.8) is 0 Å². The molecule has 0 radical (unpaired) electrons. The van der Waals surface area contributed by atoms with Crippen LogP contribution >= 0.6 is 15.9 Å². The molecular weight excluding hydrogens is 316 g/mol. The van der Waals surface area contributed by atoms with Gasteiger partial charge in [0.15, 0.2) is 0 Å². The van der Waals surface area contributed by atoms with Crippen LogP contribution < -0.4 is 4.74 Å². The lowest BCUT2D eigenvalue weighted by molar-refractivity contribution is -0.159. The molecule has 1 aromatic rings. The number of para-hydroxylation sites is 1. The van der Waals surface area contributed by atoms with Gasteiger partial charge in [-0.25, -0.2) is 0 Å². The van der Waals surface area contributed by atoms with Gasteiger partial charge >= 0.3 is 5.97 Å². The standard InChI is InChI=1S/C17H19BrO2/c18-17-9-12-6-13(10-17)8-16(7-12,11-17)15(19)20-14-4-2-1-3-5-14/h1-5,12-13H,6-11H2/t12-,13-,16?,17?/m1/s1. The predicted molar refractivity (Wildman–Crippen MR) is 80.9 cm³/mol. The molecule has 20 heavy (non-hydrogen) atoms. The van der Waals surface area contributed by atoms with E-state index in [1.54, 1.807) is 0 Å². The van der Waals surface area contributed by atoms with Crippen molar-refractivity contribution in [2.45, 2.75) is 42.8 Å². The summed E-state index contributed by atoms with van der Waals surface area (Å²) in [5, 5.41) is 0. The number of ether oxygens (including phenoxy) is 1. The Morgan fingerprint density at radius 2 is 1.75 bits per heavy atom. The summed E-state index contributed by atoms with van der Waals surface area (Å²) in [6, 6.07) is 9.49. The number of esters is 1. The lowest BCUT2D eigenvalue weighted by Crippen LogP contribution is -2.56. The third kappa shape index (κ3) is 2.02. The second-order valence-electron chi connectivity index (χ2n) is 7.09. The predicted octanol–water partition coefficient (Wildman–Crippen LogP) is 4.33. The summed E-state index contributed by atoms with van der Waals surface area (Å²) in [6.45, 7) is 0. The van der Waals surface area contributed by atoms with E-state index in [2.05, 4.69) is 15.9 Å². The van der Waals surface area contributed by atoms with E-state index in [0.717, 1.165) is 19.3 Å². The lowest BCUT2D eigenvalue weighted by atomic mass is 9.49. The van der Waals surface area contributed by atoms with Gasteiger partial charge in [0.25, 0.3) is 0 Å². The highest BCUT2D eigenvalue weighted by atomic mass is 79.9. The monoisotopic (exact) mass is 334 g/mol. The number of rotatable bonds is 2. The fraction of sp³-hybridized carbons (Fsp3) is 0.588. The first-order valence-electron chi connectivity index (χ1n) is 7.53. The zero-order chi connectivity index (χ0) is 13.8. The molecule has 0 heterocycles. The van der Waals surface area contributed by atoms with Crippen LogP contribution in [0.4, 0.5) is 0 Å². The number of benzene rings is 1. The Hall–Kier alpha value is -0.830. The first-order chi connectivity index (χ1) is 9.57. The molecule has 0 aliphatic heterocycles. The Morgan fingerprint density at radius 3 is 2.35 bits per heavy atom. The van der Waals surface area contributed by atoms with Crippen molar-refractivity contribution in [2.75, 3.05) is 0 Å². The number of hydrogen-bond donors (Lipinski definition) is 0. The van der Waals surface area contributed by atoms with Crippen LogP contribution in [0, 0.1) is 17.3 Å². The maximum atomic E-state index is 12.8. The minimum atomic E-state index is -0.233. The van der Waals surface area contributed by atoms with Gasteiger partial charge < -0.3 is 4.74 Å². The first-order valence-corrected chi connectivity index (χ1v) is 8.33. The third-order valence-corrected chi connectivity index (χ3v) is 6.30. The van der Waals surface area contributed by atoms with Gasteiger partial charge in [0.1, 0.15) is 5.75 Å². The fourth-order valence-electron chi connectivity index (χ4n) is 5.09. The van der Waals surface area contributed by atoms with E-state index in [1.807, 2.05) is 30.3 Å². The summed E-state index contributed by atoms with van der Waals surface area (Å²) in [7, 11) is 0. The van der Waals surface area contributed by atoms with E-state index in [9.17, 15) is 4.79 Å². The topological polar surface area (TPSA) is 26.3 Å². The summed E-state index contributed by atoms with van der Waals surface area (Å²) in [4.78, 5) is 12.8. The molecule has 4 fully saturated rings. The average molecular weight is 335 g/mol. The van der Waals surface area contributed by atoms with Crippen LogP contribution in [-0.2, 0) is 4.79 Å². The van der Waals surface area contributed by atoms with E-state index in [0.29, 0.717) is 17.6 Å². The highest BCUT2D eigenvalue weighted by Gasteiger charge is 2.60. The molecule has 0 unspecified atom stereocenters. The van der Waals surface area contributed by atoms with Gasteiger partial charge in [0.2, 0.25) is 0 Å². The Balaban J connectivity index is 1.60. The molecule has 0 saturated heterocycles. The van der Waals surface area contributed by atoms with Gasteiger partial charge in [0.05, 0.1) is 5.41 Å². The molecule has 2 nitrogen and oxygen atoms in total. The Labute approximate surface area is 128 Å². The minimum Gasteiger partial charge on any atom is -0.426 e. The van der Waals surface area contributed by atoms with Crippen molar-refractivity contribution >= 4 is 21.9 Å². The molecule has 5 rings (SSSR count). The van der Waals surface area contributed by atoms with Crippen LogP contribution in [0.1, 0.15) is 38.5 Å². The molecule has 0 N–H and O–H groups in total. The molecule has 0 aromatic heterocycles. The van der Waals surface area contributed by atoms with Gasteiger partial charge in [-0.15, -0.1) is 0 Å². The lowest BCUT2D eigenvalue weighted by Gasteiger charge is -2.58. The highest BCUT2D eigenvalue weighted by Crippen LogP contribution is 2.64. The van der Waals surface area contributed by atoms with Gasteiger partial charge in [0, 0.05) is 4.32 Å².